The number of fused-ring (bicyclic) bond motifs is 1. The molecule has 4 heteroatoms. The Bertz CT molecular complexity index is 309. The van der Waals surface area contributed by atoms with Gasteiger partial charge in [-0.3, -0.25) is 4.79 Å². The van der Waals surface area contributed by atoms with E-state index in [9.17, 15) is 9.90 Å². The van der Waals surface area contributed by atoms with E-state index in [1.54, 1.807) is 0 Å². The number of esters is 1. The van der Waals surface area contributed by atoms with Gasteiger partial charge in [-0.25, -0.2) is 0 Å². The molecule has 1 heterocycles. The summed E-state index contributed by atoms with van der Waals surface area (Å²) >= 11 is 0. The summed E-state index contributed by atoms with van der Waals surface area (Å²) < 4.78 is 10.9. The predicted octanol–water partition coefficient (Wildman–Crippen LogP) is 1.65. The van der Waals surface area contributed by atoms with Gasteiger partial charge in [-0.05, 0) is 50.9 Å². The second kappa shape index (κ2) is 5.17. The minimum atomic E-state index is -0.140. The van der Waals surface area contributed by atoms with Gasteiger partial charge in [-0.2, -0.15) is 0 Å². The lowest BCUT2D eigenvalue weighted by atomic mass is 9.87. The number of hydrogen-bond acceptors (Lipinski definition) is 4. The van der Waals surface area contributed by atoms with Crippen LogP contribution in [-0.2, 0) is 14.3 Å². The largest absolute Gasteiger partial charge is 0.465 e. The Hall–Kier alpha value is -0.610. The van der Waals surface area contributed by atoms with E-state index in [4.69, 9.17) is 9.47 Å². The van der Waals surface area contributed by atoms with Gasteiger partial charge >= 0.3 is 5.97 Å². The van der Waals surface area contributed by atoms with E-state index in [0.29, 0.717) is 24.7 Å². The molecule has 2 saturated carbocycles. The van der Waals surface area contributed by atoms with Crippen LogP contribution in [-0.4, -0.2) is 36.0 Å². The molecule has 3 aliphatic rings. The number of carbonyl (C=O) groups excluding carboxylic acids is 1. The third kappa shape index (κ3) is 2.86. The van der Waals surface area contributed by atoms with E-state index in [-0.39, 0.29) is 18.0 Å². The highest BCUT2D eigenvalue weighted by atomic mass is 16.6. The topological polar surface area (TPSA) is 59.1 Å². The Morgan fingerprint density at radius 3 is 2.61 bits per heavy atom. The third-order valence-electron chi connectivity index (χ3n) is 4.62. The summed E-state index contributed by atoms with van der Waals surface area (Å²) in [7, 11) is 0. The van der Waals surface area contributed by atoms with Gasteiger partial charge in [0, 0.05) is 0 Å². The van der Waals surface area contributed by atoms with Crippen LogP contribution in [0, 0.1) is 11.8 Å². The highest BCUT2D eigenvalue weighted by Crippen LogP contribution is 2.39. The maximum Gasteiger partial charge on any atom is 0.309 e. The van der Waals surface area contributed by atoms with Crippen LogP contribution in [0.5, 0.6) is 0 Å². The molecule has 3 atom stereocenters. The monoisotopic (exact) mass is 254 g/mol. The third-order valence-corrected chi connectivity index (χ3v) is 4.62. The number of epoxide rings is 1. The average molecular weight is 254 g/mol. The number of aliphatic hydroxyl groups excluding tert-OH is 1. The molecule has 0 spiro atoms. The van der Waals surface area contributed by atoms with Crippen LogP contribution in [0.25, 0.3) is 0 Å². The van der Waals surface area contributed by atoms with Crippen molar-refractivity contribution in [3.63, 3.8) is 0 Å². The first-order valence-electron chi connectivity index (χ1n) is 7.22. The smallest absolute Gasteiger partial charge is 0.309 e. The maximum atomic E-state index is 11.9. The average Bonchev–Trinajstić information content (AvgIpc) is 3.16. The molecule has 18 heavy (non-hydrogen) atoms. The summed E-state index contributed by atoms with van der Waals surface area (Å²) in [5.74, 6) is 0.476. The van der Waals surface area contributed by atoms with E-state index in [2.05, 4.69) is 0 Å². The molecule has 1 saturated heterocycles. The molecule has 3 unspecified atom stereocenters. The molecular formula is C14H22O4. The summed E-state index contributed by atoms with van der Waals surface area (Å²) in [6.07, 6.45) is 7.08. The van der Waals surface area contributed by atoms with E-state index in [1.165, 1.54) is 0 Å². The van der Waals surface area contributed by atoms with Crippen molar-refractivity contribution in [1.82, 2.24) is 0 Å². The Labute approximate surface area is 108 Å². The molecule has 0 aromatic carbocycles. The van der Waals surface area contributed by atoms with E-state index in [0.717, 1.165) is 44.9 Å². The lowest BCUT2D eigenvalue weighted by Crippen LogP contribution is -2.27. The first kappa shape index (κ1) is 12.4. The molecule has 0 radical (unpaired) electrons. The summed E-state index contributed by atoms with van der Waals surface area (Å²) in [6.45, 7) is 0.539. The van der Waals surface area contributed by atoms with Gasteiger partial charge in [0.25, 0.3) is 0 Å². The molecule has 2 aliphatic carbocycles. The number of aliphatic hydroxyl groups is 1. The molecule has 0 bridgehead atoms. The minimum absolute atomic E-state index is 0.0323. The van der Waals surface area contributed by atoms with Crippen molar-refractivity contribution in [2.24, 2.45) is 11.8 Å². The summed E-state index contributed by atoms with van der Waals surface area (Å²) in [5.41, 5.74) is 0. The van der Waals surface area contributed by atoms with Crippen LogP contribution in [0.15, 0.2) is 0 Å². The van der Waals surface area contributed by atoms with Crippen molar-refractivity contribution in [2.45, 2.75) is 63.3 Å². The van der Waals surface area contributed by atoms with Crippen molar-refractivity contribution in [3.05, 3.63) is 0 Å². The SMILES string of the molecule is O=C(OCC1CCC(O)CC1)C1CCC2OC2C1. The number of carbonyl (C=O) groups is 1. The molecule has 1 aliphatic heterocycles. The van der Waals surface area contributed by atoms with Crippen molar-refractivity contribution in [2.75, 3.05) is 6.61 Å². The zero-order valence-corrected chi connectivity index (χ0v) is 10.7. The van der Waals surface area contributed by atoms with Crippen molar-refractivity contribution in [3.8, 4) is 0 Å². The van der Waals surface area contributed by atoms with Crippen LogP contribution in [0.2, 0.25) is 0 Å². The van der Waals surface area contributed by atoms with E-state index in [1.807, 2.05) is 0 Å². The first-order chi connectivity index (χ1) is 8.72. The van der Waals surface area contributed by atoms with E-state index < -0.39 is 0 Å². The van der Waals surface area contributed by atoms with Crippen LogP contribution < -0.4 is 0 Å². The van der Waals surface area contributed by atoms with Crippen molar-refractivity contribution < 1.29 is 19.4 Å². The van der Waals surface area contributed by atoms with Gasteiger partial charge < -0.3 is 14.6 Å². The lowest BCUT2D eigenvalue weighted by Gasteiger charge is -2.26. The molecule has 4 nitrogen and oxygen atoms in total. The molecule has 3 rings (SSSR count). The molecule has 0 aromatic rings. The first-order valence-corrected chi connectivity index (χ1v) is 7.22. The Kier molecular flexibility index (Phi) is 3.57. The molecule has 0 aromatic heterocycles. The highest BCUT2D eigenvalue weighted by Gasteiger charge is 2.46. The lowest BCUT2D eigenvalue weighted by molar-refractivity contribution is -0.151. The normalized spacial score (nSPS) is 43.1. The van der Waals surface area contributed by atoms with Gasteiger partial charge in [0.05, 0.1) is 30.8 Å². The van der Waals surface area contributed by atoms with Crippen LogP contribution >= 0.6 is 0 Å². The number of rotatable bonds is 3. The van der Waals surface area contributed by atoms with Crippen LogP contribution in [0.3, 0.4) is 0 Å². The van der Waals surface area contributed by atoms with Gasteiger partial charge in [0.2, 0.25) is 0 Å². The Morgan fingerprint density at radius 1 is 1.11 bits per heavy atom. The van der Waals surface area contributed by atoms with Crippen molar-refractivity contribution >= 4 is 5.97 Å². The standard InChI is InChI=1S/C14H22O4/c15-11-4-1-9(2-5-11)8-17-14(16)10-3-6-12-13(7-10)18-12/h9-13,15H,1-8H2. The van der Waals surface area contributed by atoms with Gasteiger partial charge in [0.15, 0.2) is 0 Å². The summed E-state index contributed by atoms with van der Waals surface area (Å²) in [4.78, 5) is 11.9. The molecule has 3 fully saturated rings. The fourth-order valence-corrected chi connectivity index (χ4v) is 3.25. The van der Waals surface area contributed by atoms with Crippen molar-refractivity contribution in [1.29, 1.82) is 0 Å². The zero-order chi connectivity index (χ0) is 12.5. The zero-order valence-electron chi connectivity index (χ0n) is 10.7. The van der Waals surface area contributed by atoms with E-state index >= 15 is 0 Å². The van der Waals surface area contributed by atoms with Gasteiger partial charge in [0.1, 0.15) is 0 Å². The predicted molar refractivity (Wildman–Crippen MR) is 64.9 cm³/mol. The Morgan fingerprint density at radius 2 is 1.89 bits per heavy atom. The van der Waals surface area contributed by atoms with Crippen LogP contribution in [0.4, 0.5) is 0 Å². The second-order valence-electron chi connectivity index (χ2n) is 6.03. The maximum absolute atomic E-state index is 11.9. The van der Waals surface area contributed by atoms with Crippen LogP contribution in [0.1, 0.15) is 44.9 Å². The summed E-state index contributed by atoms with van der Waals surface area (Å²) in [5, 5.41) is 9.42. The quantitative estimate of drug-likeness (QED) is 0.614. The molecular weight excluding hydrogens is 232 g/mol. The number of ether oxygens (including phenoxy) is 2. The second-order valence-corrected chi connectivity index (χ2v) is 6.03. The summed E-state index contributed by atoms with van der Waals surface area (Å²) in [6, 6.07) is 0. The number of hydrogen-bond donors (Lipinski definition) is 1. The molecule has 102 valence electrons. The highest BCUT2D eigenvalue weighted by molar-refractivity contribution is 5.72. The van der Waals surface area contributed by atoms with Gasteiger partial charge in [-0.1, -0.05) is 0 Å². The minimum Gasteiger partial charge on any atom is -0.465 e. The molecule has 0 amide bonds. The Balaban J connectivity index is 1.38. The molecule has 1 N–H and O–H groups in total. The fraction of sp³-hybridized carbons (Fsp3) is 0.929. The van der Waals surface area contributed by atoms with Gasteiger partial charge in [-0.15, -0.1) is 0 Å². The fourth-order valence-electron chi connectivity index (χ4n) is 3.25.